The van der Waals surface area contributed by atoms with Gasteiger partial charge in [0, 0.05) is 31.6 Å². The van der Waals surface area contributed by atoms with Crippen LogP contribution < -0.4 is 0 Å². The topological polar surface area (TPSA) is 43.6 Å². The van der Waals surface area contributed by atoms with Gasteiger partial charge in [-0.3, -0.25) is 0 Å². The van der Waals surface area contributed by atoms with Gasteiger partial charge in [-0.15, -0.1) is 10.2 Å². The molecule has 0 amide bonds. The van der Waals surface area contributed by atoms with Gasteiger partial charge in [0.2, 0.25) is 0 Å². The van der Waals surface area contributed by atoms with E-state index in [1.54, 1.807) is 17.4 Å². The Hall–Kier alpha value is -2.41. The molecule has 1 aliphatic carbocycles. The molecular formula is C29H22Cl4N4S. The van der Waals surface area contributed by atoms with Crippen LogP contribution in [0.25, 0.3) is 27.6 Å². The van der Waals surface area contributed by atoms with Crippen molar-refractivity contribution in [1.82, 2.24) is 20.0 Å². The van der Waals surface area contributed by atoms with Crippen molar-refractivity contribution in [2.75, 3.05) is 0 Å². The molecule has 0 N–H and O–H groups in total. The first-order chi connectivity index (χ1) is 18.4. The molecule has 2 aromatic heterocycles. The van der Waals surface area contributed by atoms with E-state index in [0.717, 1.165) is 68.9 Å². The fraction of sp³-hybridized carbons (Fsp3) is 0.207. The first kappa shape index (κ1) is 25.8. The van der Waals surface area contributed by atoms with Crippen molar-refractivity contribution in [1.29, 1.82) is 0 Å². The Bertz CT molecular complexity index is 1620. The minimum absolute atomic E-state index is 0.131. The number of rotatable bonds is 6. The fourth-order valence-electron chi connectivity index (χ4n) is 5.13. The van der Waals surface area contributed by atoms with Crippen LogP contribution in [-0.4, -0.2) is 20.0 Å². The number of benzene rings is 3. The average molecular weight is 600 g/mol. The molecule has 0 radical (unpaired) electrons. The minimum atomic E-state index is -0.131. The van der Waals surface area contributed by atoms with Crippen molar-refractivity contribution >= 4 is 57.7 Å². The van der Waals surface area contributed by atoms with Crippen LogP contribution in [0.1, 0.15) is 42.3 Å². The SMILES string of the molecule is CCc1c(-c2nnc(C3(c4ccc(Cl)cc4)CCC3)s2)nn(-c2ccc(Cl)cc2Cl)c1-c1ccc(Cl)cc1. The zero-order valence-corrected chi connectivity index (χ0v) is 24.2. The number of hydrogen-bond donors (Lipinski definition) is 0. The molecular weight excluding hydrogens is 578 g/mol. The maximum Gasteiger partial charge on any atom is 0.168 e. The summed E-state index contributed by atoms with van der Waals surface area (Å²) in [6, 6.07) is 21.3. The van der Waals surface area contributed by atoms with Crippen LogP contribution in [0.2, 0.25) is 20.1 Å². The highest BCUT2D eigenvalue weighted by molar-refractivity contribution is 7.14. The van der Waals surface area contributed by atoms with Crippen molar-refractivity contribution in [2.45, 2.75) is 38.0 Å². The largest absolute Gasteiger partial charge is 0.231 e. The van der Waals surface area contributed by atoms with Crippen LogP contribution in [0.4, 0.5) is 0 Å². The maximum atomic E-state index is 6.67. The van der Waals surface area contributed by atoms with Crippen molar-refractivity contribution in [3.8, 4) is 27.6 Å². The van der Waals surface area contributed by atoms with E-state index in [0.29, 0.717) is 15.1 Å². The van der Waals surface area contributed by atoms with E-state index in [-0.39, 0.29) is 5.41 Å². The Labute approximate surface area is 245 Å². The quantitative estimate of drug-likeness (QED) is 0.195. The Morgan fingerprint density at radius 2 is 1.50 bits per heavy atom. The second-order valence-corrected chi connectivity index (χ2v) is 12.1. The Balaban J connectivity index is 1.51. The molecule has 2 heterocycles. The van der Waals surface area contributed by atoms with Crippen LogP contribution in [0.3, 0.4) is 0 Å². The summed E-state index contributed by atoms with van der Waals surface area (Å²) in [6.07, 6.45) is 3.97. The van der Waals surface area contributed by atoms with Gasteiger partial charge in [-0.1, -0.05) is 95.4 Å². The van der Waals surface area contributed by atoms with E-state index in [1.807, 2.05) is 53.2 Å². The standard InChI is InChI=1S/C29H22Cl4N4S/c1-2-22-25(27-34-35-28(38-27)29(14-3-15-29)18-6-10-20(31)11-7-18)36-37(24-13-12-21(32)16-23(24)33)26(22)17-4-8-19(30)9-5-17/h4-13,16H,2-3,14-15H2,1H3. The summed E-state index contributed by atoms with van der Waals surface area (Å²) in [5.41, 5.74) is 5.63. The maximum absolute atomic E-state index is 6.67. The zero-order valence-electron chi connectivity index (χ0n) is 20.4. The van der Waals surface area contributed by atoms with Gasteiger partial charge in [0.05, 0.1) is 16.4 Å². The van der Waals surface area contributed by atoms with Gasteiger partial charge in [-0.05, 0) is 67.3 Å². The lowest BCUT2D eigenvalue weighted by Crippen LogP contribution is -2.35. The van der Waals surface area contributed by atoms with Crippen molar-refractivity contribution in [3.05, 3.63) is 103 Å². The third-order valence-electron chi connectivity index (χ3n) is 7.23. The summed E-state index contributed by atoms with van der Waals surface area (Å²) in [6.45, 7) is 2.12. The molecule has 5 aromatic rings. The third-order valence-corrected chi connectivity index (χ3v) is 9.41. The first-order valence-corrected chi connectivity index (χ1v) is 14.7. The lowest BCUT2D eigenvalue weighted by molar-refractivity contribution is 0.299. The molecule has 3 aromatic carbocycles. The molecule has 9 heteroatoms. The van der Waals surface area contributed by atoms with Gasteiger partial charge < -0.3 is 0 Å². The summed E-state index contributed by atoms with van der Waals surface area (Å²) in [7, 11) is 0. The number of halogens is 4. The van der Waals surface area contributed by atoms with Gasteiger partial charge in [0.1, 0.15) is 10.7 Å². The molecule has 0 atom stereocenters. The predicted molar refractivity (Wildman–Crippen MR) is 158 cm³/mol. The monoisotopic (exact) mass is 598 g/mol. The van der Waals surface area contributed by atoms with E-state index in [9.17, 15) is 0 Å². The zero-order chi connectivity index (χ0) is 26.4. The van der Waals surface area contributed by atoms with Gasteiger partial charge in [-0.25, -0.2) is 4.68 Å². The third kappa shape index (κ3) is 4.44. The second-order valence-electron chi connectivity index (χ2n) is 9.40. The van der Waals surface area contributed by atoms with Gasteiger partial charge in [0.15, 0.2) is 5.01 Å². The van der Waals surface area contributed by atoms with E-state index in [4.69, 9.17) is 56.6 Å². The summed E-state index contributed by atoms with van der Waals surface area (Å²) >= 11 is 26.9. The van der Waals surface area contributed by atoms with Crippen molar-refractivity contribution in [3.63, 3.8) is 0 Å². The van der Waals surface area contributed by atoms with E-state index in [1.165, 1.54) is 5.56 Å². The lowest BCUT2D eigenvalue weighted by atomic mass is 9.65. The van der Waals surface area contributed by atoms with Gasteiger partial charge >= 0.3 is 0 Å². The molecule has 0 bridgehead atoms. The van der Waals surface area contributed by atoms with Crippen LogP contribution in [0.5, 0.6) is 0 Å². The highest BCUT2D eigenvalue weighted by atomic mass is 35.5. The molecule has 1 saturated carbocycles. The van der Waals surface area contributed by atoms with Crippen molar-refractivity contribution in [2.24, 2.45) is 0 Å². The predicted octanol–water partition coefficient (Wildman–Crippen LogP) is 9.70. The number of nitrogens with zero attached hydrogens (tertiary/aromatic N) is 4. The van der Waals surface area contributed by atoms with Crippen LogP contribution >= 0.6 is 57.7 Å². The van der Waals surface area contributed by atoms with Crippen molar-refractivity contribution < 1.29 is 0 Å². The Morgan fingerprint density at radius 1 is 0.842 bits per heavy atom. The molecule has 0 saturated heterocycles. The number of aromatic nitrogens is 4. The number of hydrogen-bond acceptors (Lipinski definition) is 4. The summed E-state index contributed by atoms with van der Waals surface area (Å²) in [5.74, 6) is 0. The van der Waals surface area contributed by atoms with Gasteiger partial charge in [0.25, 0.3) is 0 Å². The molecule has 0 aliphatic heterocycles. The normalized spacial score (nSPS) is 14.4. The van der Waals surface area contributed by atoms with E-state index < -0.39 is 0 Å². The fourth-order valence-corrected chi connectivity index (χ4v) is 6.99. The smallest absolute Gasteiger partial charge is 0.168 e. The second kappa shape index (κ2) is 10.3. The molecule has 1 fully saturated rings. The molecule has 192 valence electrons. The Kier molecular flexibility index (Phi) is 7.00. The molecule has 0 unspecified atom stereocenters. The first-order valence-electron chi connectivity index (χ1n) is 12.3. The van der Waals surface area contributed by atoms with Crippen LogP contribution in [0, 0.1) is 0 Å². The van der Waals surface area contributed by atoms with Crippen LogP contribution in [-0.2, 0) is 11.8 Å². The lowest BCUT2D eigenvalue weighted by Gasteiger charge is -2.40. The molecule has 0 spiro atoms. The molecule has 38 heavy (non-hydrogen) atoms. The highest BCUT2D eigenvalue weighted by Crippen LogP contribution is 2.51. The summed E-state index contributed by atoms with van der Waals surface area (Å²) < 4.78 is 1.88. The van der Waals surface area contributed by atoms with Crippen LogP contribution in [0.15, 0.2) is 66.7 Å². The molecule has 6 rings (SSSR count). The Morgan fingerprint density at radius 3 is 2.11 bits per heavy atom. The highest BCUT2D eigenvalue weighted by Gasteiger charge is 2.43. The van der Waals surface area contributed by atoms with E-state index >= 15 is 0 Å². The minimum Gasteiger partial charge on any atom is -0.231 e. The average Bonchev–Trinajstić information content (AvgIpc) is 3.50. The molecule has 4 nitrogen and oxygen atoms in total. The van der Waals surface area contributed by atoms with E-state index in [2.05, 4.69) is 24.2 Å². The summed E-state index contributed by atoms with van der Waals surface area (Å²) in [4.78, 5) is 0. The summed E-state index contributed by atoms with van der Waals surface area (Å²) in [5, 5.41) is 18.7. The van der Waals surface area contributed by atoms with Gasteiger partial charge in [-0.2, -0.15) is 5.10 Å². The molecule has 1 aliphatic rings.